The fourth-order valence-corrected chi connectivity index (χ4v) is 0.590. The summed E-state index contributed by atoms with van der Waals surface area (Å²) in [7, 11) is 0. The number of ether oxygens (including phenoxy) is 1. The fourth-order valence-electron chi connectivity index (χ4n) is 0.590. The van der Waals surface area contributed by atoms with Crippen LogP contribution in [0.1, 0.15) is 19.8 Å². The summed E-state index contributed by atoms with van der Waals surface area (Å²) in [6.07, 6.45) is 1.84. The molecule has 0 radical (unpaired) electrons. The van der Waals surface area contributed by atoms with Gasteiger partial charge in [0.1, 0.15) is 6.10 Å². The molecule has 0 saturated carbocycles. The highest BCUT2D eigenvalue weighted by Crippen LogP contribution is 2.14. The van der Waals surface area contributed by atoms with E-state index in [0.29, 0.717) is 6.42 Å². The van der Waals surface area contributed by atoms with Crippen LogP contribution in [0.15, 0.2) is 0 Å². The molecular formula is C5H8O2. The van der Waals surface area contributed by atoms with Crippen molar-refractivity contribution in [2.45, 2.75) is 25.9 Å². The van der Waals surface area contributed by atoms with Gasteiger partial charge in [-0.2, -0.15) is 0 Å². The standard InChI is InChI=1S/C5H8O2/c1-2-4-3-5(6)7-4/h4H,2-3H2,1H3/t4-/m1/s1. The van der Waals surface area contributed by atoms with Crippen LogP contribution >= 0.6 is 0 Å². The maximum atomic E-state index is 10.0. The quantitative estimate of drug-likeness (QED) is 0.453. The molecular weight excluding hydrogens is 92.1 g/mol. The normalized spacial score (nSPS) is 28.7. The number of cyclic esters (lactones) is 1. The fraction of sp³-hybridized carbons (Fsp3) is 0.800. The number of hydrogen-bond acceptors (Lipinski definition) is 2. The lowest BCUT2D eigenvalue weighted by Gasteiger charge is -2.23. The Labute approximate surface area is 42.5 Å². The SMILES string of the molecule is CC[C@@H]1CC(=O)O1. The third kappa shape index (κ3) is 0.734. The Balaban J connectivity index is 2.17. The second kappa shape index (κ2) is 1.52. The van der Waals surface area contributed by atoms with Crippen LogP contribution in [0.4, 0.5) is 0 Å². The third-order valence-electron chi connectivity index (χ3n) is 1.15. The average Bonchev–Trinajstić information content (AvgIpc) is 1.58. The summed E-state index contributed by atoms with van der Waals surface area (Å²) >= 11 is 0. The molecule has 0 unspecified atom stereocenters. The van der Waals surface area contributed by atoms with Crippen molar-refractivity contribution in [3.05, 3.63) is 0 Å². The largest absolute Gasteiger partial charge is 0.462 e. The van der Waals surface area contributed by atoms with E-state index >= 15 is 0 Å². The van der Waals surface area contributed by atoms with Gasteiger partial charge in [-0.3, -0.25) is 4.79 Å². The summed E-state index contributed by atoms with van der Waals surface area (Å²) in [5.41, 5.74) is 0. The molecule has 0 bridgehead atoms. The lowest BCUT2D eigenvalue weighted by atomic mass is 10.1. The van der Waals surface area contributed by atoms with E-state index in [0.717, 1.165) is 6.42 Å². The van der Waals surface area contributed by atoms with E-state index in [2.05, 4.69) is 4.74 Å². The molecule has 0 N–H and O–H groups in total. The van der Waals surface area contributed by atoms with Crippen LogP contribution in [0.25, 0.3) is 0 Å². The molecule has 0 aromatic carbocycles. The molecule has 1 atom stereocenters. The highest BCUT2D eigenvalue weighted by molar-refractivity contribution is 5.75. The van der Waals surface area contributed by atoms with Gasteiger partial charge in [0.2, 0.25) is 0 Å². The van der Waals surface area contributed by atoms with Gasteiger partial charge in [0.05, 0.1) is 6.42 Å². The molecule has 0 amide bonds. The molecule has 1 saturated heterocycles. The van der Waals surface area contributed by atoms with Crippen LogP contribution < -0.4 is 0 Å². The molecule has 7 heavy (non-hydrogen) atoms. The van der Waals surface area contributed by atoms with Crippen molar-refractivity contribution in [3.63, 3.8) is 0 Å². The Morgan fingerprint density at radius 1 is 2.00 bits per heavy atom. The zero-order valence-electron chi connectivity index (χ0n) is 4.31. The van der Waals surface area contributed by atoms with Gasteiger partial charge >= 0.3 is 5.97 Å². The van der Waals surface area contributed by atoms with Crippen LogP contribution in [0, 0.1) is 0 Å². The Bertz CT molecular complexity index is 80.1. The van der Waals surface area contributed by atoms with Gasteiger partial charge in [0, 0.05) is 0 Å². The van der Waals surface area contributed by atoms with Crippen LogP contribution in [-0.4, -0.2) is 12.1 Å². The smallest absolute Gasteiger partial charge is 0.309 e. The predicted octanol–water partition coefficient (Wildman–Crippen LogP) is 0.712. The van der Waals surface area contributed by atoms with Crippen LogP contribution in [-0.2, 0) is 9.53 Å². The Morgan fingerprint density at radius 3 is 2.71 bits per heavy atom. The average molecular weight is 100 g/mol. The maximum Gasteiger partial charge on any atom is 0.309 e. The van der Waals surface area contributed by atoms with Gasteiger partial charge in [0.15, 0.2) is 0 Å². The highest BCUT2D eigenvalue weighted by Gasteiger charge is 2.25. The van der Waals surface area contributed by atoms with Crippen molar-refractivity contribution < 1.29 is 9.53 Å². The minimum Gasteiger partial charge on any atom is -0.462 e. The Kier molecular flexibility index (Phi) is 1.01. The van der Waals surface area contributed by atoms with Gasteiger partial charge in [0.25, 0.3) is 0 Å². The first-order valence-corrected chi connectivity index (χ1v) is 2.52. The first-order chi connectivity index (χ1) is 3.33. The van der Waals surface area contributed by atoms with Crippen molar-refractivity contribution in [2.75, 3.05) is 0 Å². The summed E-state index contributed by atoms with van der Waals surface area (Å²) in [5.74, 6) is -0.0492. The van der Waals surface area contributed by atoms with E-state index in [1.807, 2.05) is 6.92 Å². The van der Waals surface area contributed by atoms with Crippen LogP contribution in [0.3, 0.4) is 0 Å². The summed E-state index contributed by atoms with van der Waals surface area (Å²) in [4.78, 5) is 10.0. The van der Waals surface area contributed by atoms with Crippen LogP contribution in [0.5, 0.6) is 0 Å². The zero-order valence-corrected chi connectivity index (χ0v) is 4.31. The van der Waals surface area contributed by atoms with E-state index in [9.17, 15) is 4.79 Å². The zero-order chi connectivity index (χ0) is 5.28. The van der Waals surface area contributed by atoms with Gasteiger partial charge in [-0.05, 0) is 6.42 Å². The van der Waals surface area contributed by atoms with Gasteiger partial charge in [-0.25, -0.2) is 0 Å². The monoisotopic (exact) mass is 100 g/mol. The van der Waals surface area contributed by atoms with Crippen molar-refractivity contribution in [3.8, 4) is 0 Å². The van der Waals surface area contributed by atoms with Crippen LogP contribution in [0.2, 0.25) is 0 Å². The topological polar surface area (TPSA) is 26.3 Å². The molecule has 1 heterocycles. The molecule has 40 valence electrons. The van der Waals surface area contributed by atoms with E-state index in [1.165, 1.54) is 0 Å². The summed E-state index contributed by atoms with van der Waals surface area (Å²) in [5, 5.41) is 0. The number of carbonyl (C=O) groups is 1. The van der Waals surface area contributed by atoms with E-state index in [1.54, 1.807) is 0 Å². The highest BCUT2D eigenvalue weighted by atomic mass is 16.6. The summed E-state index contributed by atoms with van der Waals surface area (Å²) < 4.78 is 4.65. The second-order valence-corrected chi connectivity index (χ2v) is 1.72. The summed E-state index contributed by atoms with van der Waals surface area (Å²) in [6, 6.07) is 0. The predicted molar refractivity (Wildman–Crippen MR) is 24.8 cm³/mol. The minimum absolute atomic E-state index is 0.0492. The Morgan fingerprint density at radius 2 is 2.57 bits per heavy atom. The van der Waals surface area contributed by atoms with Crippen molar-refractivity contribution in [1.29, 1.82) is 0 Å². The first-order valence-electron chi connectivity index (χ1n) is 2.52. The first kappa shape index (κ1) is 4.62. The minimum atomic E-state index is -0.0492. The molecule has 0 aliphatic carbocycles. The molecule has 0 spiro atoms. The third-order valence-corrected chi connectivity index (χ3v) is 1.15. The van der Waals surface area contributed by atoms with Crippen molar-refractivity contribution >= 4 is 5.97 Å². The molecule has 1 aliphatic rings. The second-order valence-electron chi connectivity index (χ2n) is 1.72. The van der Waals surface area contributed by atoms with Crippen molar-refractivity contribution in [2.24, 2.45) is 0 Å². The summed E-state index contributed by atoms with van der Waals surface area (Å²) in [6.45, 7) is 2.01. The molecule has 2 nitrogen and oxygen atoms in total. The number of esters is 1. The lowest BCUT2D eigenvalue weighted by Crippen LogP contribution is -2.31. The molecule has 1 rings (SSSR count). The number of carbonyl (C=O) groups excluding carboxylic acids is 1. The van der Waals surface area contributed by atoms with Gasteiger partial charge in [-0.1, -0.05) is 6.92 Å². The molecule has 1 fully saturated rings. The maximum absolute atomic E-state index is 10.0. The van der Waals surface area contributed by atoms with E-state index in [-0.39, 0.29) is 12.1 Å². The molecule has 0 aromatic heterocycles. The molecule has 2 heteroatoms. The van der Waals surface area contributed by atoms with E-state index in [4.69, 9.17) is 0 Å². The number of hydrogen-bond donors (Lipinski definition) is 0. The Hall–Kier alpha value is -0.530. The van der Waals surface area contributed by atoms with Crippen molar-refractivity contribution in [1.82, 2.24) is 0 Å². The number of rotatable bonds is 1. The van der Waals surface area contributed by atoms with Gasteiger partial charge < -0.3 is 4.74 Å². The van der Waals surface area contributed by atoms with Gasteiger partial charge in [-0.15, -0.1) is 0 Å². The van der Waals surface area contributed by atoms with E-state index < -0.39 is 0 Å². The lowest BCUT2D eigenvalue weighted by molar-refractivity contribution is -0.169. The molecule has 1 aliphatic heterocycles. The molecule has 0 aromatic rings.